The van der Waals surface area contributed by atoms with Crippen LogP contribution in [0, 0.1) is 0 Å². The standard InChI is InChI=1S/C20H28F3N3O5S/c21-20(22,23)15-31-18-6-5-16(32(28,29)26-7-3-1-2-4-8-26)13-17(18)24-14-19(27)25-9-11-30-12-10-25/h5-6,13,24H,1-4,7-12,14-15H2. The second-order valence-electron chi connectivity index (χ2n) is 7.73. The average molecular weight is 480 g/mol. The third-order valence-electron chi connectivity index (χ3n) is 5.34. The van der Waals surface area contributed by atoms with Crippen molar-refractivity contribution in [3.8, 4) is 5.75 Å². The van der Waals surface area contributed by atoms with Gasteiger partial charge in [-0.05, 0) is 31.0 Å². The zero-order valence-corrected chi connectivity index (χ0v) is 18.5. The van der Waals surface area contributed by atoms with Crippen molar-refractivity contribution in [3.63, 3.8) is 0 Å². The van der Waals surface area contributed by atoms with Gasteiger partial charge in [0.1, 0.15) is 5.75 Å². The van der Waals surface area contributed by atoms with Gasteiger partial charge in [-0.2, -0.15) is 17.5 Å². The van der Waals surface area contributed by atoms with Crippen LogP contribution < -0.4 is 10.1 Å². The van der Waals surface area contributed by atoms with E-state index in [0.717, 1.165) is 25.7 Å². The third-order valence-corrected chi connectivity index (χ3v) is 7.23. The molecule has 0 unspecified atom stereocenters. The van der Waals surface area contributed by atoms with Gasteiger partial charge in [0, 0.05) is 26.2 Å². The summed E-state index contributed by atoms with van der Waals surface area (Å²) < 4.78 is 75.6. The lowest BCUT2D eigenvalue weighted by Crippen LogP contribution is -2.43. The number of hydrogen-bond acceptors (Lipinski definition) is 6. The van der Waals surface area contributed by atoms with Gasteiger partial charge in [0.2, 0.25) is 15.9 Å². The number of sulfonamides is 1. The topological polar surface area (TPSA) is 88.2 Å². The fourth-order valence-electron chi connectivity index (χ4n) is 3.62. The Labute approximate surface area is 185 Å². The lowest BCUT2D eigenvalue weighted by Gasteiger charge is -2.27. The first kappa shape index (κ1) is 24.6. The van der Waals surface area contributed by atoms with Crippen LogP contribution in [0.4, 0.5) is 18.9 Å². The maximum atomic E-state index is 13.1. The first-order valence-corrected chi connectivity index (χ1v) is 12.0. The summed E-state index contributed by atoms with van der Waals surface area (Å²) in [5, 5.41) is 2.77. The maximum absolute atomic E-state index is 13.1. The largest absolute Gasteiger partial charge is 0.482 e. The summed E-state index contributed by atoms with van der Waals surface area (Å²) in [4.78, 5) is 13.9. The van der Waals surface area contributed by atoms with Gasteiger partial charge in [0.05, 0.1) is 30.3 Å². The van der Waals surface area contributed by atoms with Gasteiger partial charge in [0.15, 0.2) is 6.61 Å². The Hall–Kier alpha value is -2.05. The molecule has 8 nitrogen and oxygen atoms in total. The third kappa shape index (κ3) is 6.72. The number of nitrogens with one attached hydrogen (secondary N) is 1. The molecule has 32 heavy (non-hydrogen) atoms. The molecule has 2 aliphatic rings. The minimum Gasteiger partial charge on any atom is -0.482 e. The van der Waals surface area contributed by atoms with Crippen LogP contribution >= 0.6 is 0 Å². The maximum Gasteiger partial charge on any atom is 0.422 e. The van der Waals surface area contributed by atoms with E-state index in [9.17, 15) is 26.4 Å². The number of carbonyl (C=O) groups excluding carboxylic acids is 1. The van der Waals surface area contributed by atoms with E-state index < -0.39 is 22.8 Å². The molecule has 0 atom stereocenters. The van der Waals surface area contributed by atoms with Gasteiger partial charge in [-0.1, -0.05) is 12.8 Å². The molecule has 2 fully saturated rings. The Morgan fingerprint density at radius 2 is 1.72 bits per heavy atom. The molecule has 0 spiro atoms. The fourth-order valence-corrected chi connectivity index (χ4v) is 5.16. The second-order valence-corrected chi connectivity index (χ2v) is 9.66. The van der Waals surface area contributed by atoms with Gasteiger partial charge in [-0.25, -0.2) is 8.42 Å². The number of nitrogens with zero attached hydrogens (tertiary/aromatic N) is 2. The Morgan fingerprint density at radius 3 is 2.34 bits per heavy atom. The highest BCUT2D eigenvalue weighted by molar-refractivity contribution is 7.89. The first-order valence-electron chi connectivity index (χ1n) is 10.6. The van der Waals surface area contributed by atoms with E-state index in [1.165, 1.54) is 22.5 Å². The number of ether oxygens (including phenoxy) is 2. The van der Waals surface area contributed by atoms with E-state index in [-0.39, 0.29) is 28.8 Å². The molecule has 0 aliphatic carbocycles. The fraction of sp³-hybridized carbons (Fsp3) is 0.650. The summed E-state index contributed by atoms with van der Waals surface area (Å²) in [6.45, 7) is 0.708. The molecule has 0 bridgehead atoms. The van der Waals surface area contributed by atoms with E-state index in [2.05, 4.69) is 5.32 Å². The number of benzene rings is 1. The highest BCUT2D eigenvalue weighted by atomic mass is 32.2. The number of amides is 1. The summed E-state index contributed by atoms with van der Waals surface area (Å²) >= 11 is 0. The molecule has 1 N–H and O–H groups in total. The molecular formula is C20H28F3N3O5S. The zero-order chi connectivity index (χ0) is 23.2. The van der Waals surface area contributed by atoms with Crippen molar-refractivity contribution in [1.82, 2.24) is 9.21 Å². The van der Waals surface area contributed by atoms with Crippen molar-refractivity contribution in [2.45, 2.75) is 36.8 Å². The average Bonchev–Trinajstić information content (AvgIpc) is 3.06. The van der Waals surface area contributed by atoms with Gasteiger partial charge in [0.25, 0.3) is 0 Å². The Morgan fingerprint density at radius 1 is 1.06 bits per heavy atom. The molecule has 0 aromatic heterocycles. The molecule has 2 heterocycles. The summed E-state index contributed by atoms with van der Waals surface area (Å²) in [6.07, 6.45) is -1.15. The molecule has 1 aromatic carbocycles. The molecular weight excluding hydrogens is 451 g/mol. The summed E-state index contributed by atoms with van der Waals surface area (Å²) in [7, 11) is -3.82. The number of hydrogen-bond donors (Lipinski definition) is 1. The second kappa shape index (κ2) is 10.7. The molecule has 180 valence electrons. The minimum absolute atomic E-state index is 0.0201. The van der Waals surface area contributed by atoms with Gasteiger partial charge in [-0.15, -0.1) is 0 Å². The van der Waals surface area contributed by atoms with Crippen LogP contribution in [0.25, 0.3) is 0 Å². The molecule has 2 aliphatic heterocycles. The van der Waals surface area contributed by atoms with Gasteiger partial charge in [-0.3, -0.25) is 4.79 Å². The van der Waals surface area contributed by atoms with Crippen molar-refractivity contribution >= 4 is 21.6 Å². The predicted octanol–water partition coefficient (Wildman–Crippen LogP) is 2.46. The molecule has 2 saturated heterocycles. The quantitative estimate of drug-likeness (QED) is 0.647. The number of halogens is 3. The normalized spacial score (nSPS) is 18.8. The van der Waals surface area contributed by atoms with Crippen LogP contribution in [0.5, 0.6) is 5.75 Å². The Bertz CT molecular complexity index is 881. The van der Waals surface area contributed by atoms with Crippen molar-refractivity contribution in [2.24, 2.45) is 0 Å². The number of anilines is 1. The number of carbonyl (C=O) groups is 1. The molecule has 1 aromatic rings. The lowest BCUT2D eigenvalue weighted by molar-refractivity contribution is -0.153. The molecule has 0 radical (unpaired) electrons. The van der Waals surface area contributed by atoms with Crippen molar-refractivity contribution < 1.29 is 35.9 Å². The van der Waals surface area contributed by atoms with Crippen molar-refractivity contribution in [1.29, 1.82) is 0 Å². The van der Waals surface area contributed by atoms with E-state index in [4.69, 9.17) is 9.47 Å². The Kier molecular flexibility index (Phi) is 8.23. The summed E-state index contributed by atoms with van der Waals surface area (Å²) in [6, 6.07) is 3.66. The van der Waals surface area contributed by atoms with Crippen LogP contribution in [0.15, 0.2) is 23.1 Å². The predicted molar refractivity (Wildman–Crippen MR) is 111 cm³/mol. The van der Waals surface area contributed by atoms with Crippen LogP contribution in [0.2, 0.25) is 0 Å². The first-order chi connectivity index (χ1) is 15.2. The summed E-state index contributed by atoms with van der Waals surface area (Å²) in [5.41, 5.74) is 0.0201. The highest BCUT2D eigenvalue weighted by Gasteiger charge is 2.30. The lowest BCUT2D eigenvalue weighted by atomic mass is 10.2. The summed E-state index contributed by atoms with van der Waals surface area (Å²) in [5.74, 6) is -0.442. The smallest absolute Gasteiger partial charge is 0.422 e. The zero-order valence-electron chi connectivity index (χ0n) is 17.7. The van der Waals surface area contributed by atoms with Crippen molar-refractivity contribution in [3.05, 3.63) is 18.2 Å². The molecule has 1 amide bonds. The van der Waals surface area contributed by atoms with Crippen LogP contribution in [0.3, 0.4) is 0 Å². The Balaban J connectivity index is 1.80. The monoisotopic (exact) mass is 479 g/mol. The van der Waals surface area contributed by atoms with Crippen LogP contribution in [0.1, 0.15) is 25.7 Å². The van der Waals surface area contributed by atoms with E-state index >= 15 is 0 Å². The van der Waals surface area contributed by atoms with Crippen LogP contribution in [-0.4, -0.2) is 82.3 Å². The molecule has 3 rings (SSSR count). The van der Waals surface area contributed by atoms with E-state index in [0.29, 0.717) is 39.4 Å². The van der Waals surface area contributed by atoms with Gasteiger partial charge < -0.3 is 19.7 Å². The van der Waals surface area contributed by atoms with Crippen molar-refractivity contribution in [2.75, 3.05) is 57.9 Å². The van der Waals surface area contributed by atoms with E-state index in [1.807, 2.05) is 0 Å². The molecule has 0 saturated carbocycles. The number of alkyl halides is 3. The highest BCUT2D eigenvalue weighted by Crippen LogP contribution is 2.31. The van der Waals surface area contributed by atoms with Gasteiger partial charge >= 0.3 is 6.18 Å². The number of morpholine rings is 1. The molecule has 12 heteroatoms. The number of rotatable bonds is 7. The van der Waals surface area contributed by atoms with Crippen LogP contribution in [-0.2, 0) is 19.6 Å². The SMILES string of the molecule is O=C(CNc1cc(S(=O)(=O)N2CCCCCC2)ccc1OCC(F)(F)F)N1CCOCC1. The van der Waals surface area contributed by atoms with E-state index in [1.54, 1.807) is 4.90 Å². The minimum atomic E-state index is -4.56.